The molecule has 0 aliphatic heterocycles. The number of hydrogen-bond donors (Lipinski definition) is 1. The molecule has 31 heavy (non-hydrogen) atoms. The Morgan fingerprint density at radius 3 is 2.58 bits per heavy atom. The van der Waals surface area contributed by atoms with Gasteiger partial charge in [-0.3, -0.25) is 4.79 Å². The second-order valence-electron chi connectivity index (χ2n) is 6.90. The van der Waals surface area contributed by atoms with E-state index in [4.69, 9.17) is 9.47 Å². The highest BCUT2D eigenvalue weighted by molar-refractivity contribution is 5.76. The number of nitrogens with zero attached hydrogens (tertiary/aromatic N) is 1. The number of ether oxygens (including phenoxy) is 2. The zero-order valence-corrected chi connectivity index (χ0v) is 17.2. The van der Waals surface area contributed by atoms with Gasteiger partial charge in [0.1, 0.15) is 23.1 Å². The zero-order valence-electron chi connectivity index (χ0n) is 17.2. The summed E-state index contributed by atoms with van der Waals surface area (Å²) in [4.78, 5) is 16.4. The second-order valence-corrected chi connectivity index (χ2v) is 6.90. The van der Waals surface area contributed by atoms with Crippen LogP contribution in [0.1, 0.15) is 30.9 Å². The number of nitrogens with one attached hydrogen (secondary N) is 1. The fourth-order valence-electron chi connectivity index (χ4n) is 2.85. The Kier molecular flexibility index (Phi) is 7.92. The van der Waals surface area contributed by atoms with Crippen LogP contribution in [0.3, 0.4) is 0 Å². The third-order valence-electron chi connectivity index (χ3n) is 4.47. The van der Waals surface area contributed by atoms with Crippen molar-refractivity contribution < 1.29 is 23.0 Å². The smallest absolute Gasteiger partial charge is 0.224 e. The van der Waals surface area contributed by atoms with Crippen LogP contribution in [-0.4, -0.2) is 17.5 Å². The van der Waals surface area contributed by atoms with E-state index < -0.39 is 11.6 Å². The summed E-state index contributed by atoms with van der Waals surface area (Å²) >= 11 is 0. The van der Waals surface area contributed by atoms with Gasteiger partial charge in [0.05, 0.1) is 6.61 Å². The van der Waals surface area contributed by atoms with Crippen molar-refractivity contribution in [2.45, 2.75) is 32.7 Å². The molecule has 3 aromatic rings. The van der Waals surface area contributed by atoms with Crippen molar-refractivity contribution in [1.82, 2.24) is 10.3 Å². The summed E-state index contributed by atoms with van der Waals surface area (Å²) in [5, 5.41) is 2.77. The molecule has 0 atom stereocenters. The van der Waals surface area contributed by atoms with Crippen LogP contribution < -0.4 is 14.8 Å². The molecule has 0 aliphatic carbocycles. The topological polar surface area (TPSA) is 60.5 Å². The molecular weight excluding hydrogens is 402 g/mol. The molecule has 0 spiro atoms. The highest BCUT2D eigenvalue weighted by atomic mass is 19.1. The molecule has 2 aromatic carbocycles. The lowest BCUT2D eigenvalue weighted by Gasteiger charge is -2.12. The predicted octanol–water partition coefficient (Wildman–Crippen LogP) is 5.19. The van der Waals surface area contributed by atoms with Crippen LogP contribution in [0.15, 0.2) is 60.8 Å². The van der Waals surface area contributed by atoms with Crippen LogP contribution in [0.25, 0.3) is 0 Å². The van der Waals surface area contributed by atoms with Crippen molar-refractivity contribution in [2.75, 3.05) is 6.61 Å². The van der Waals surface area contributed by atoms with E-state index in [0.717, 1.165) is 30.4 Å². The summed E-state index contributed by atoms with van der Waals surface area (Å²) in [6.07, 6.45) is 2.68. The first-order valence-corrected chi connectivity index (χ1v) is 10.1. The first kappa shape index (κ1) is 22.2. The molecular formula is C24H24F2N2O3. The number of hydrogen-bond acceptors (Lipinski definition) is 4. The SMILES string of the molecule is CCCOc1ccc(Oc2ncccc2CNC(=O)CCc2cc(F)ccc2F)cc1. The maximum atomic E-state index is 13.7. The second kappa shape index (κ2) is 11.1. The molecule has 3 rings (SSSR count). The van der Waals surface area contributed by atoms with Crippen LogP contribution in [0.4, 0.5) is 8.78 Å². The van der Waals surface area contributed by atoms with Crippen LogP contribution in [0.2, 0.25) is 0 Å². The monoisotopic (exact) mass is 426 g/mol. The Bertz CT molecular complexity index is 1010. The maximum absolute atomic E-state index is 13.7. The Hall–Kier alpha value is -3.48. The number of carbonyl (C=O) groups excluding carboxylic acids is 1. The number of aryl methyl sites for hydroxylation is 1. The van der Waals surface area contributed by atoms with E-state index in [0.29, 0.717) is 23.8 Å². The number of amides is 1. The van der Waals surface area contributed by atoms with Crippen LogP contribution in [0, 0.1) is 11.6 Å². The van der Waals surface area contributed by atoms with Gasteiger partial charge in [0.2, 0.25) is 11.8 Å². The number of rotatable bonds is 10. The molecule has 0 unspecified atom stereocenters. The van der Waals surface area contributed by atoms with Gasteiger partial charge in [-0.05, 0) is 66.9 Å². The van der Waals surface area contributed by atoms with Crippen LogP contribution in [0.5, 0.6) is 17.4 Å². The van der Waals surface area contributed by atoms with Crippen molar-refractivity contribution in [1.29, 1.82) is 0 Å². The summed E-state index contributed by atoms with van der Waals surface area (Å²) in [5.74, 6) is 0.397. The fourth-order valence-corrected chi connectivity index (χ4v) is 2.85. The van der Waals surface area contributed by atoms with Gasteiger partial charge in [-0.15, -0.1) is 0 Å². The minimum Gasteiger partial charge on any atom is -0.494 e. The molecule has 0 aliphatic rings. The van der Waals surface area contributed by atoms with Crippen molar-refractivity contribution in [2.24, 2.45) is 0 Å². The van der Waals surface area contributed by atoms with E-state index in [2.05, 4.69) is 10.3 Å². The van der Waals surface area contributed by atoms with Gasteiger partial charge in [0.25, 0.3) is 0 Å². The zero-order chi connectivity index (χ0) is 22.1. The minimum atomic E-state index is -0.529. The molecule has 0 saturated heterocycles. The van der Waals surface area contributed by atoms with E-state index >= 15 is 0 Å². The first-order valence-electron chi connectivity index (χ1n) is 10.1. The summed E-state index contributed by atoms with van der Waals surface area (Å²) in [6, 6.07) is 14.0. The molecule has 0 fully saturated rings. The van der Waals surface area contributed by atoms with Crippen LogP contribution in [-0.2, 0) is 17.8 Å². The minimum absolute atomic E-state index is 0.0377. The van der Waals surface area contributed by atoms with Gasteiger partial charge < -0.3 is 14.8 Å². The van der Waals surface area contributed by atoms with E-state index in [1.54, 1.807) is 30.5 Å². The number of pyridine rings is 1. The van der Waals surface area contributed by atoms with E-state index in [1.165, 1.54) is 0 Å². The summed E-state index contributed by atoms with van der Waals surface area (Å²) in [7, 11) is 0. The third-order valence-corrected chi connectivity index (χ3v) is 4.47. The molecule has 1 amide bonds. The molecule has 1 aromatic heterocycles. The van der Waals surface area contributed by atoms with Gasteiger partial charge in [-0.1, -0.05) is 13.0 Å². The number of aromatic nitrogens is 1. The van der Waals surface area contributed by atoms with Crippen molar-refractivity contribution in [3.63, 3.8) is 0 Å². The Labute approximate surface area is 180 Å². The number of carbonyl (C=O) groups is 1. The molecule has 5 nitrogen and oxygen atoms in total. The summed E-state index contributed by atoms with van der Waals surface area (Å²) in [6.45, 7) is 2.89. The number of halogens is 2. The maximum Gasteiger partial charge on any atom is 0.224 e. The average molecular weight is 426 g/mol. The molecule has 0 bridgehead atoms. The highest BCUT2D eigenvalue weighted by Gasteiger charge is 2.10. The quantitative estimate of drug-likeness (QED) is 0.485. The van der Waals surface area contributed by atoms with Crippen LogP contribution >= 0.6 is 0 Å². The number of benzene rings is 2. The molecule has 0 radical (unpaired) electrons. The van der Waals surface area contributed by atoms with Crippen molar-refractivity contribution in [3.8, 4) is 17.4 Å². The Morgan fingerprint density at radius 2 is 1.81 bits per heavy atom. The van der Waals surface area contributed by atoms with E-state index in [-0.39, 0.29) is 30.9 Å². The van der Waals surface area contributed by atoms with Gasteiger partial charge >= 0.3 is 0 Å². The molecule has 1 N–H and O–H groups in total. The first-order chi connectivity index (χ1) is 15.0. The normalized spacial score (nSPS) is 10.5. The largest absolute Gasteiger partial charge is 0.494 e. The average Bonchev–Trinajstić information content (AvgIpc) is 2.78. The van der Waals surface area contributed by atoms with Gasteiger partial charge in [-0.2, -0.15) is 0 Å². The molecule has 162 valence electrons. The van der Waals surface area contributed by atoms with E-state index in [9.17, 15) is 13.6 Å². The lowest BCUT2D eigenvalue weighted by atomic mass is 10.1. The van der Waals surface area contributed by atoms with Gasteiger partial charge in [0, 0.05) is 24.7 Å². The lowest BCUT2D eigenvalue weighted by molar-refractivity contribution is -0.121. The highest BCUT2D eigenvalue weighted by Crippen LogP contribution is 2.25. The summed E-state index contributed by atoms with van der Waals surface area (Å²) < 4.78 is 38.3. The summed E-state index contributed by atoms with van der Waals surface area (Å²) in [5.41, 5.74) is 0.867. The van der Waals surface area contributed by atoms with E-state index in [1.807, 2.05) is 19.1 Å². The molecule has 7 heteroatoms. The Morgan fingerprint density at radius 1 is 1.03 bits per heavy atom. The fraction of sp³-hybridized carbons (Fsp3) is 0.250. The molecule has 1 heterocycles. The standard InChI is InChI=1S/C24H24F2N2O3/c1-2-14-30-20-7-9-21(10-8-20)31-24-18(4-3-13-27-24)16-28-23(29)12-5-17-15-19(25)6-11-22(17)26/h3-4,6-11,13,15H,2,5,12,14,16H2,1H3,(H,28,29). The van der Waals surface area contributed by atoms with Gasteiger partial charge in [-0.25, -0.2) is 13.8 Å². The predicted molar refractivity (Wildman–Crippen MR) is 113 cm³/mol. The van der Waals surface area contributed by atoms with Crippen molar-refractivity contribution in [3.05, 3.63) is 83.6 Å². The van der Waals surface area contributed by atoms with Crippen molar-refractivity contribution >= 4 is 5.91 Å². The molecule has 0 saturated carbocycles. The lowest BCUT2D eigenvalue weighted by Crippen LogP contribution is -2.23. The third kappa shape index (κ3) is 6.77. The Balaban J connectivity index is 1.55. The van der Waals surface area contributed by atoms with Gasteiger partial charge in [0.15, 0.2) is 0 Å².